The molecule has 1 aromatic rings. The van der Waals surface area contributed by atoms with Gasteiger partial charge in [-0.1, -0.05) is 6.42 Å². The van der Waals surface area contributed by atoms with Crippen molar-refractivity contribution in [3.63, 3.8) is 0 Å². The van der Waals surface area contributed by atoms with Gasteiger partial charge >= 0.3 is 0 Å². The molecule has 0 saturated heterocycles. The van der Waals surface area contributed by atoms with Crippen molar-refractivity contribution >= 4 is 5.95 Å². The quantitative estimate of drug-likeness (QED) is 0.753. The molecule has 1 heterocycles. The van der Waals surface area contributed by atoms with Crippen LogP contribution < -0.4 is 5.32 Å². The van der Waals surface area contributed by atoms with Gasteiger partial charge < -0.3 is 10.4 Å². The van der Waals surface area contributed by atoms with E-state index in [1.165, 1.54) is 0 Å². The highest BCUT2D eigenvalue weighted by atomic mass is 16.3. The van der Waals surface area contributed by atoms with Crippen LogP contribution in [0.1, 0.15) is 19.3 Å². The van der Waals surface area contributed by atoms with Gasteiger partial charge in [-0.2, -0.15) is 0 Å². The third kappa shape index (κ3) is 2.20. The molecule has 4 heteroatoms. The highest BCUT2D eigenvalue weighted by Gasteiger charge is 2.24. The summed E-state index contributed by atoms with van der Waals surface area (Å²) in [6.45, 7) is 0.769. The van der Waals surface area contributed by atoms with E-state index >= 15 is 0 Å². The zero-order valence-electron chi connectivity index (χ0n) is 8.06. The van der Waals surface area contributed by atoms with Gasteiger partial charge in [-0.05, 0) is 18.9 Å². The minimum atomic E-state index is -0.147. The fourth-order valence-electron chi connectivity index (χ4n) is 1.87. The third-order valence-corrected chi connectivity index (χ3v) is 2.71. The van der Waals surface area contributed by atoms with Crippen molar-refractivity contribution in [2.45, 2.75) is 25.4 Å². The summed E-state index contributed by atoms with van der Waals surface area (Å²) in [5.41, 5.74) is 0. The van der Waals surface area contributed by atoms with Crippen LogP contribution in [-0.4, -0.2) is 27.7 Å². The first-order valence-electron chi connectivity index (χ1n) is 5.05. The van der Waals surface area contributed by atoms with Crippen LogP contribution in [-0.2, 0) is 0 Å². The molecule has 0 aliphatic heterocycles. The number of aromatic nitrogens is 2. The summed E-state index contributed by atoms with van der Waals surface area (Å²) < 4.78 is 0. The van der Waals surface area contributed by atoms with E-state index in [0.29, 0.717) is 11.9 Å². The van der Waals surface area contributed by atoms with Crippen LogP contribution in [0.3, 0.4) is 0 Å². The van der Waals surface area contributed by atoms with Crippen molar-refractivity contribution in [1.29, 1.82) is 0 Å². The molecule has 1 aromatic heterocycles. The van der Waals surface area contributed by atoms with Gasteiger partial charge in [0, 0.05) is 24.9 Å². The standard InChI is InChI=1S/C10H15N3O/c14-9-4-1-3-8(9)7-13-10-11-5-2-6-12-10/h2,5-6,8-9,14H,1,3-4,7H2,(H,11,12,13). The SMILES string of the molecule is OC1CCCC1CNc1ncccn1. The summed E-state index contributed by atoms with van der Waals surface area (Å²) in [4.78, 5) is 8.12. The van der Waals surface area contributed by atoms with E-state index in [9.17, 15) is 5.11 Å². The Kier molecular flexibility index (Phi) is 2.93. The molecule has 0 aromatic carbocycles. The zero-order valence-corrected chi connectivity index (χ0v) is 8.06. The van der Waals surface area contributed by atoms with Crippen molar-refractivity contribution in [2.24, 2.45) is 5.92 Å². The second kappa shape index (κ2) is 4.37. The van der Waals surface area contributed by atoms with E-state index in [4.69, 9.17) is 0 Å². The molecule has 2 N–H and O–H groups in total. The molecule has 0 radical (unpaired) electrons. The molecule has 1 aliphatic carbocycles. The van der Waals surface area contributed by atoms with Crippen LogP contribution in [0.15, 0.2) is 18.5 Å². The van der Waals surface area contributed by atoms with E-state index in [1.807, 2.05) is 0 Å². The second-order valence-electron chi connectivity index (χ2n) is 3.71. The zero-order chi connectivity index (χ0) is 9.80. The molecule has 0 bridgehead atoms. The molecule has 14 heavy (non-hydrogen) atoms. The van der Waals surface area contributed by atoms with E-state index in [1.54, 1.807) is 18.5 Å². The predicted molar refractivity (Wildman–Crippen MR) is 53.9 cm³/mol. The summed E-state index contributed by atoms with van der Waals surface area (Å²) in [5.74, 6) is 1.01. The summed E-state index contributed by atoms with van der Waals surface area (Å²) in [6, 6.07) is 1.79. The summed E-state index contributed by atoms with van der Waals surface area (Å²) in [6.07, 6.45) is 6.43. The van der Waals surface area contributed by atoms with Crippen molar-refractivity contribution in [3.05, 3.63) is 18.5 Å². The van der Waals surface area contributed by atoms with E-state index < -0.39 is 0 Å². The van der Waals surface area contributed by atoms with Gasteiger partial charge in [0.15, 0.2) is 0 Å². The lowest BCUT2D eigenvalue weighted by Gasteiger charge is -2.14. The average Bonchev–Trinajstić information content (AvgIpc) is 2.63. The molecule has 4 nitrogen and oxygen atoms in total. The van der Waals surface area contributed by atoms with E-state index in [-0.39, 0.29) is 6.10 Å². The monoisotopic (exact) mass is 193 g/mol. The topological polar surface area (TPSA) is 58.0 Å². The van der Waals surface area contributed by atoms with Gasteiger partial charge in [-0.3, -0.25) is 0 Å². The van der Waals surface area contributed by atoms with Crippen LogP contribution in [0.2, 0.25) is 0 Å². The smallest absolute Gasteiger partial charge is 0.222 e. The molecule has 76 valence electrons. The van der Waals surface area contributed by atoms with Crippen LogP contribution in [0.4, 0.5) is 5.95 Å². The maximum absolute atomic E-state index is 9.59. The number of aliphatic hydroxyl groups excluding tert-OH is 1. The molecule has 2 atom stereocenters. The Bertz CT molecular complexity index is 278. The Morgan fingerprint density at radius 3 is 2.79 bits per heavy atom. The maximum atomic E-state index is 9.59. The Morgan fingerprint density at radius 2 is 2.14 bits per heavy atom. The van der Waals surface area contributed by atoms with Crippen molar-refractivity contribution in [1.82, 2.24) is 9.97 Å². The first-order valence-corrected chi connectivity index (χ1v) is 5.05. The Morgan fingerprint density at radius 1 is 1.36 bits per heavy atom. The lowest BCUT2D eigenvalue weighted by molar-refractivity contribution is 0.138. The minimum Gasteiger partial charge on any atom is -0.393 e. The largest absolute Gasteiger partial charge is 0.393 e. The van der Waals surface area contributed by atoms with Gasteiger partial charge in [0.05, 0.1) is 6.10 Å². The molecular formula is C10H15N3O. The van der Waals surface area contributed by atoms with Crippen molar-refractivity contribution in [3.8, 4) is 0 Å². The van der Waals surface area contributed by atoms with Gasteiger partial charge in [-0.15, -0.1) is 0 Å². The summed E-state index contributed by atoms with van der Waals surface area (Å²) in [5, 5.41) is 12.7. The van der Waals surface area contributed by atoms with E-state index in [2.05, 4.69) is 15.3 Å². The Balaban J connectivity index is 1.82. The highest BCUT2D eigenvalue weighted by molar-refractivity contribution is 5.22. The fraction of sp³-hybridized carbons (Fsp3) is 0.600. The molecule has 0 amide bonds. The Labute approximate surface area is 83.4 Å². The second-order valence-corrected chi connectivity index (χ2v) is 3.71. The lowest BCUT2D eigenvalue weighted by atomic mass is 10.1. The van der Waals surface area contributed by atoms with Crippen LogP contribution in [0.5, 0.6) is 0 Å². The molecular weight excluding hydrogens is 178 g/mol. The van der Waals surface area contributed by atoms with Gasteiger partial charge in [0.2, 0.25) is 5.95 Å². The summed E-state index contributed by atoms with van der Waals surface area (Å²) in [7, 11) is 0. The number of hydrogen-bond donors (Lipinski definition) is 2. The molecule has 0 spiro atoms. The van der Waals surface area contributed by atoms with Crippen molar-refractivity contribution < 1.29 is 5.11 Å². The third-order valence-electron chi connectivity index (χ3n) is 2.71. The van der Waals surface area contributed by atoms with Crippen molar-refractivity contribution in [2.75, 3.05) is 11.9 Å². The molecule has 2 rings (SSSR count). The van der Waals surface area contributed by atoms with Crippen LogP contribution in [0, 0.1) is 5.92 Å². The molecule has 1 saturated carbocycles. The maximum Gasteiger partial charge on any atom is 0.222 e. The van der Waals surface area contributed by atoms with Gasteiger partial charge in [0.1, 0.15) is 0 Å². The Hall–Kier alpha value is -1.16. The molecule has 1 aliphatic rings. The normalized spacial score (nSPS) is 26.4. The summed E-state index contributed by atoms with van der Waals surface area (Å²) >= 11 is 0. The number of nitrogens with zero attached hydrogens (tertiary/aromatic N) is 2. The minimum absolute atomic E-state index is 0.147. The number of nitrogens with one attached hydrogen (secondary N) is 1. The number of aliphatic hydroxyl groups is 1. The van der Waals surface area contributed by atoms with Gasteiger partial charge in [-0.25, -0.2) is 9.97 Å². The highest BCUT2D eigenvalue weighted by Crippen LogP contribution is 2.25. The molecule has 1 fully saturated rings. The van der Waals surface area contributed by atoms with Gasteiger partial charge in [0.25, 0.3) is 0 Å². The van der Waals surface area contributed by atoms with E-state index in [0.717, 1.165) is 25.8 Å². The molecule has 2 unspecified atom stereocenters. The number of rotatable bonds is 3. The fourth-order valence-corrected chi connectivity index (χ4v) is 1.87. The first-order chi connectivity index (χ1) is 6.86. The number of anilines is 1. The average molecular weight is 193 g/mol. The lowest BCUT2D eigenvalue weighted by Crippen LogP contribution is -2.22. The number of hydrogen-bond acceptors (Lipinski definition) is 4. The first kappa shape index (κ1) is 9.40. The van der Waals surface area contributed by atoms with Crippen LogP contribution in [0.25, 0.3) is 0 Å². The van der Waals surface area contributed by atoms with Crippen LogP contribution >= 0.6 is 0 Å². The predicted octanol–water partition coefficient (Wildman–Crippen LogP) is 1.05.